The second-order valence-corrected chi connectivity index (χ2v) is 4.96. The van der Waals surface area contributed by atoms with E-state index in [0.717, 1.165) is 6.54 Å². The molecule has 0 saturated carbocycles. The Morgan fingerprint density at radius 1 is 1.11 bits per heavy atom. The molecule has 1 heterocycles. The smallest absolute Gasteiger partial charge is 0.167 e. The summed E-state index contributed by atoms with van der Waals surface area (Å²) in [6.07, 6.45) is -0.135. The lowest BCUT2D eigenvalue weighted by Crippen LogP contribution is -2.57. The van der Waals surface area contributed by atoms with E-state index in [1.54, 1.807) is 0 Å². The Balaban J connectivity index is 2.06. The van der Waals surface area contributed by atoms with Crippen LogP contribution in [0.4, 0.5) is 0 Å². The lowest BCUT2D eigenvalue weighted by atomic mass is 9.90. The summed E-state index contributed by atoms with van der Waals surface area (Å²) < 4.78 is 0. The first-order chi connectivity index (χ1) is 8.75. The van der Waals surface area contributed by atoms with E-state index in [4.69, 9.17) is 18.0 Å². The molecule has 2 aromatic carbocycles. The summed E-state index contributed by atoms with van der Waals surface area (Å²) in [4.78, 5) is 0. The largest absolute Gasteiger partial charge is 0.362 e. The number of thiocarbonyl (C=S) groups is 1. The van der Waals surface area contributed by atoms with Crippen molar-refractivity contribution >= 4 is 28.1 Å². The first-order valence-electron chi connectivity index (χ1n) is 6.03. The molecule has 0 bridgehead atoms. The molecule has 2 unspecified atom stereocenters. The van der Waals surface area contributed by atoms with Gasteiger partial charge in [-0.15, -0.1) is 0 Å². The topological polar surface area (TPSA) is 50.1 Å². The predicted molar refractivity (Wildman–Crippen MR) is 78.4 cm³/mol. The quantitative estimate of drug-likeness (QED) is 0.680. The van der Waals surface area contributed by atoms with E-state index in [-0.39, 0.29) is 12.1 Å². The van der Waals surface area contributed by atoms with Crippen molar-refractivity contribution in [1.29, 1.82) is 0 Å². The van der Waals surface area contributed by atoms with Crippen LogP contribution in [0.1, 0.15) is 11.5 Å². The molecule has 92 valence electrons. The minimum atomic E-state index is -0.135. The molecule has 3 nitrogen and oxygen atoms in total. The van der Waals surface area contributed by atoms with Crippen molar-refractivity contribution < 1.29 is 0 Å². The molecule has 1 aliphatic rings. The lowest BCUT2D eigenvalue weighted by molar-refractivity contribution is 0.463. The average molecular weight is 257 g/mol. The summed E-state index contributed by atoms with van der Waals surface area (Å²) in [5.74, 6) is 0.225. The number of nitrogens with one attached hydrogen (secondary N) is 2. The van der Waals surface area contributed by atoms with Crippen LogP contribution in [0.5, 0.6) is 0 Å². The zero-order chi connectivity index (χ0) is 12.5. The first kappa shape index (κ1) is 11.4. The zero-order valence-electron chi connectivity index (χ0n) is 9.89. The number of fused-ring (bicyclic) bond motifs is 1. The molecule has 0 spiro atoms. The maximum atomic E-state index is 6.15. The molecule has 1 aliphatic heterocycles. The minimum Gasteiger partial charge on any atom is -0.362 e. The summed E-state index contributed by atoms with van der Waals surface area (Å²) >= 11 is 5.08. The highest BCUT2D eigenvalue weighted by molar-refractivity contribution is 7.80. The van der Waals surface area contributed by atoms with Crippen LogP contribution < -0.4 is 16.4 Å². The number of nitrogens with two attached hydrogens (primary N) is 1. The van der Waals surface area contributed by atoms with Gasteiger partial charge in [0.2, 0.25) is 0 Å². The second-order valence-electron chi connectivity index (χ2n) is 4.56. The summed E-state index contributed by atoms with van der Waals surface area (Å²) in [7, 11) is 0. The summed E-state index contributed by atoms with van der Waals surface area (Å²) in [6.45, 7) is 0.779. The van der Waals surface area contributed by atoms with E-state index in [0.29, 0.717) is 5.11 Å². The maximum absolute atomic E-state index is 6.15. The van der Waals surface area contributed by atoms with E-state index in [1.165, 1.54) is 16.3 Å². The van der Waals surface area contributed by atoms with Crippen LogP contribution in [-0.2, 0) is 0 Å². The van der Waals surface area contributed by atoms with E-state index in [9.17, 15) is 0 Å². The van der Waals surface area contributed by atoms with Gasteiger partial charge in [0, 0.05) is 12.5 Å². The summed E-state index contributed by atoms with van der Waals surface area (Å²) in [6, 6.07) is 14.7. The SMILES string of the molecule is NC1NC(=S)NCC1c1cccc2ccccc12. The van der Waals surface area contributed by atoms with Gasteiger partial charge in [0.25, 0.3) is 0 Å². The van der Waals surface area contributed by atoms with Crippen molar-refractivity contribution in [3.05, 3.63) is 48.0 Å². The fourth-order valence-corrected chi connectivity index (χ4v) is 2.73. The van der Waals surface area contributed by atoms with E-state index in [2.05, 4.69) is 53.1 Å². The van der Waals surface area contributed by atoms with Crippen LogP contribution in [0, 0.1) is 0 Å². The highest BCUT2D eigenvalue weighted by Crippen LogP contribution is 2.27. The Hall–Kier alpha value is -1.65. The highest BCUT2D eigenvalue weighted by atomic mass is 32.1. The van der Waals surface area contributed by atoms with Gasteiger partial charge in [0.1, 0.15) is 0 Å². The number of rotatable bonds is 1. The van der Waals surface area contributed by atoms with Gasteiger partial charge < -0.3 is 16.4 Å². The van der Waals surface area contributed by atoms with Gasteiger partial charge in [-0.3, -0.25) is 0 Å². The van der Waals surface area contributed by atoms with Crippen molar-refractivity contribution in [3.63, 3.8) is 0 Å². The van der Waals surface area contributed by atoms with Gasteiger partial charge in [-0.2, -0.15) is 0 Å². The van der Waals surface area contributed by atoms with Crippen molar-refractivity contribution in [2.24, 2.45) is 5.73 Å². The third-order valence-electron chi connectivity index (χ3n) is 3.44. The number of benzene rings is 2. The fourth-order valence-electron chi connectivity index (χ4n) is 2.51. The Morgan fingerprint density at radius 2 is 1.89 bits per heavy atom. The van der Waals surface area contributed by atoms with E-state index >= 15 is 0 Å². The molecule has 2 atom stereocenters. The van der Waals surface area contributed by atoms with Crippen molar-refractivity contribution in [3.8, 4) is 0 Å². The van der Waals surface area contributed by atoms with Gasteiger partial charge in [0.15, 0.2) is 5.11 Å². The fraction of sp³-hybridized carbons (Fsp3) is 0.214. The molecule has 2 aromatic rings. The summed E-state index contributed by atoms with van der Waals surface area (Å²) in [5, 5.41) is 9.40. The molecule has 4 heteroatoms. The standard InChI is InChI=1S/C14H15N3S/c15-13-12(8-16-14(18)17-13)11-7-3-5-9-4-1-2-6-10(9)11/h1-7,12-13H,8,15H2,(H2,16,17,18). The van der Waals surface area contributed by atoms with Gasteiger partial charge in [-0.05, 0) is 28.6 Å². The van der Waals surface area contributed by atoms with Crippen LogP contribution in [0.2, 0.25) is 0 Å². The van der Waals surface area contributed by atoms with Gasteiger partial charge in [-0.1, -0.05) is 42.5 Å². The molecule has 0 aliphatic carbocycles. The van der Waals surface area contributed by atoms with E-state index in [1.807, 2.05) is 0 Å². The van der Waals surface area contributed by atoms with Crippen LogP contribution in [-0.4, -0.2) is 17.8 Å². The molecule has 1 saturated heterocycles. The third-order valence-corrected chi connectivity index (χ3v) is 3.70. The minimum absolute atomic E-state index is 0.135. The maximum Gasteiger partial charge on any atom is 0.167 e. The highest BCUT2D eigenvalue weighted by Gasteiger charge is 2.26. The molecule has 0 amide bonds. The van der Waals surface area contributed by atoms with Crippen molar-refractivity contribution in [2.45, 2.75) is 12.1 Å². The molecular formula is C14H15N3S. The van der Waals surface area contributed by atoms with Gasteiger partial charge in [0.05, 0.1) is 6.17 Å². The van der Waals surface area contributed by atoms with Gasteiger partial charge >= 0.3 is 0 Å². The lowest BCUT2D eigenvalue weighted by Gasteiger charge is -2.32. The second kappa shape index (κ2) is 4.55. The normalized spacial score (nSPS) is 23.5. The third kappa shape index (κ3) is 1.94. The van der Waals surface area contributed by atoms with Crippen LogP contribution in [0.15, 0.2) is 42.5 Å². The van der Waals surface area contributed by atoms with Gasteiger partial charge in [-0.25, -0.2) is 0 Å². The Labute approximate surface area is 111 Å². The molecule has 0 aromatic heterocycles. The van der Waals surface area contributed by atoms with E-state index < -0.39 is 0 Å². The summed E-state index contributed by atoms with van der Waals surface area (Å²) in [5.41, 5.74) is 7.42. The van der Waals surface area contributed by atoms with Crippen LogP contribution in [0.25, 0.3) is 10.8 Å². The number of hydrogen-bond acceptors (Lipinski definition) is 2. The predicted octanol–water partition coefficient (Wildman–Crippen LogP) is 1.69. The Bertz CT molecular complexity index is 591. The molecule has 0 radical (unpaired) electrons. The monoisotopic (exact) mass is 257 g/mol. The number of hydrogen-bond donors (Lipinski definition) is 3. The molecule has 1 fully saturated rings. The molecular weight excluding hydrogens is 242 g/mol. The zero-order valence-corrected chi connectivity index (χ0v) is 10.7. The van der Waals surface area contributed by atoms with Crippen molar-refractivity contribution in [2.75, 3.05) is 6.54 Å². The first-order valence-corrected chi connectivity index (χ1v) is 6.44. The Morgan fingerprint density at radius 3 is 2.72 bits per heavy atom. The van der Waals surface area contributed by atoms with Crippen LogP contribution in [0.3, 0.4) is 0 Å². The Kier molecular flexibility index (Phi) is 2.89. The molecule has 18 heavy (non-hydrogen) atoms. The van der Waals surface area contributed by atoms with Crippen LogP contribution >= 0.6 is 12.2 Å². The van der Waals surface area contributed by atoms with Crippen molar-refractivity contribution in [1.82, 2.24) is 10.6 Å². The molecule has 3 rings (SSSR count). The average Bonchev–Trinajstić information content (AvgIpc) is 2.38. The molecule has 4 N–H and O–H groups in total.